The number of hydrogen-bond donors (Lipinski definition) is 1. The Morgan fingerprint density at radius 1 is 1.10 bits per heavy atom. The third-order valence-corrected chi connectivity index (χ3v) is 4.71. The van der Waals surface area contributed by atoms with Crippen LogP contribution in [-0.2, 0) is 4.79 Å². The SMILES string of the molecule is COc1ccc(Cl)cc1NC(=O)C(C)Oc1ccc2c(C(C)C)cc(=O)oc2c1. The van der Waals surface area contributed by atoms with E-state index >= 15 is 0 Å². The van der Waals surface area contributed by atoms with Crippen LogP contribution in [0.15, 0.2) is 51.7 Å². The predicted octanol–water partition coefficient (Wildman–Crippen LogP) is 4.98. The van der Waals surface area contributed by atoms with Gasteiger partial charge >= 0.3 is 5.63 Å². The van der Waals surface area contributed by atoms with Crippen molar-refractivity contribution in [3.8, 4) is 11.5 Å². The van der Waals surface area contributed by atoms with Crippen LogP contribution >= 0.6 is 11.6 Å². The molecule has 1 amide bonds. The fraction of sp³-hybridized carbons (Fsp3) is 0.273. The number of halogens is 1. The van der Waals surface area contributed by atoms with Crippen molar-refractivity contribution in [3.63, 3.8) is 0 Å². The highest BCUT2D eigenvalue weighted by molar-refractivity contribution is 6.31. The lowest BCUT2D eigenvalue weighted by Gasteiger charge is -2.17. The molecule has 0 saturated heterocycles. The number of carbonyl (C=O) groups excluding carboxylic acids is 1. The van der Waals surface area contributed by atoms with Crippen LogP contribution in [0.4, 0.5) is 5.69 Å². The highest BCUT2D eigenvalue weighted by Gasteiger charge is 2.18. The third kappa shape index (κ3) is 4.71. The second kappa shape index (κ2) is 8.57. The summed E-state index contributed by atoms with van der Waals surface area (Å²) in [6, 6.07) is 11.6. The summed E-state index contributed by atoms with van der Waals surface area (Å²) in [5, 5.41) is 4.06. The fourth-order valence-corrected chi connectivity index (χ4v) is 3.16. The lowest BCUT2D eigenvalue weighted by atomic mass is 10.00. The second-order valence-corrected chi connectivity index (χ2v) is 7.36. The van der Waals surface area contributed by atoms with Crippen molar-refractivity contribution in [2.75, 3.05) is 12.4 Å². The van der Waals surface area contributed by atoms with Crippen molar-refractivity contribution in [1.29, 1.82) is 0 Å². The average molecular weight is 416 g/mol. The third-order valence-electron chi connectivity index (χ3n) is 4.47. The van der Waals surface area contributed by atoms with Gasteiger partial charge in [0.1, 0.15) is 17.1 Å². The van der Waals surface area contributed by atoms with Crippen molar-refractivity contribution in [2.45, 2.75) is 32.8 Å². The Hall–Kier alpha value is -2.99. The molecule has 152 valence electrons. The van der Waals surface area contributed by atoms with Crippen molar-refractivity contribution < 1.29 is 18.7 Å². The quantitative estimate of drug-likeness (QED) is 0.574. The minimum Gasteiger partial charge on any atom is -0.495 e. The highest BCUT2D eigenvalue weighted by atomic mass is 35.5. The first-order valence-electron chi connectivity index (χ1n) is 9.17. The van der Waals surface area contributed by atoms with Gasteiger partial charge in [0.25, 0.3) is 5.91 Å². The number of anilines is 1. The number of fused-ring (bicyclic) bond motifs is 1. The molecule has 1 heterocycles. The van der Waals surface area contributed by atoms with Crippen molar-refractivity contribution in [3.05, 3.63) is 63.5 Å². The number of nitrogens with one attached hydrogen (secondary N) is 1. The van der Waals surface area contributed by atoms with E-state index in [2.05, 4.69) is 5.32 Å². The lowest BCUT2D eigenvalue weighted by Crippen LogP contribution is -2.30. The van der Waals surface area contributed by atoms with Gasteiger partial charge < -0.3 is 19.2 Å². The summed E-state index contributed by atoms with van der Waals surface area (Å²) in [5.74, 6) is 0.708. The number of rotatable bonds is 6. The van der Waals surface area contributed by atoms with Gasteiger partial charge in [0.15, 0.2) is 6.10 Å². The molecule has 0 radical (unpaired) electrons. The number of amides is 1. The topological polar surface area (TPSA) is 77.8 Å². The molecule has 0 aliphatic heterocycles. The number of hydrogen-bond acceptors (Lipinski definition) is 5. The van der Waals surface area contributed by atoms with Crippen LogP contribution in [-0.4, -0.2) is 19.1 Å². The number of methoxy groups -OCH3 is 1. The smallest absolute Gasteiger partial charge is 0.336 e. The van der Waals surface area contributed by atoms with E-state index in [-0.39, 0.29) is 11.8 Å². The van der Waals surface area contributed by atoms with Crippen LogP contribution in [0.2, 0.25) is 5.02 Å². The molecule has 0 aliphatic rings. The molecule has 3 aromatic rings. The molecule has 0 spiro atoms. The van der Waals surface area contributed by atoms with E-state index in [1.165, 1.54) is 13.2 Å². The van der Waals surface area contributed by atoms with Gasteiger partial charge in [-0.05, 0) is 48.7 Å². The zero-order valence-electron chi connectivity index (χ0n) is 16.6. The number of ether oxygens (including phenoxy) is 2. The highest BCUT2D eigenvalue weighted by Crippen LogP contribution is 2.29. The molecule has 0 bridgehead atoms. The van der Waals surface area contributed by atoms with Crippen LogP contribution in [0.5, 0.6) is 11.5 Å². The molecule has 0 saturated carbocycles. The summed E-state index contributed by atoms with van der Waals surface area (Å²) < 4.78 is 16.3. The van der Waals surface area contributed by atoms with E-state index in [1.54, 1.807) is 37.3 Å². The van der Waals surface area contributed by atoms with Gasteiger partial charge in [0.2, 0.25) is 0 Å². The number of carbonyl (C=O) groups is 1. The lowest BCUT2D eigenvalue weighted by molar-refractivity contribution is -0.122. The second-order valence-electron chi connectivity index (χ2n) is 6.93. The zero-order chi connectivity index (χ0) is 21.1. The maximum Gasteiger partial charge on any atom is 0.336 e. The van der Waals surface area contributed by atoms with Gasteiger partial charge in [-0.15, -0.1) is 0 Å². The van der Waals surface area contributed by atoms with Gasteiger partial charge in [0.05, 0.1) is 12.8 Å². The van der Waals surface area contributed by atoms with Crippen molar-refractivity contribution in [1.82, 2.24) is 0 Å². The Balaban J connectivity index is 1.80. The Morgan fingerprint density at radius 2 is 1.86 bits per heavy atom. The van der Waals surface area contributed by atoms with Crippen molar-refractivity contribution in [2.24, 2.45) is 0 Å². The molecule has 3 rings (SSSR count). The van der Waals surface area contributed by atoms with E-state index in [4.69, 9.17) is 25.5 Å². The summed E-state index contributed by atoms with van der Waals surface area (Å²) in [6.45, 7) is 5.64. The van der Waals surface area contributed by atoms with Gasteiger partial charge in [-0.3, -0.25) is 4.79 Å². The summed E-state index contributed by atoms with van der Waals surface area (Å²) in [7, 11) is 1.51. The van der Waals surface area contributed by atoms with E-state index in [0.717, 1.165) is 10.9 Å². The summed E-state index contributed by atoms with van der Waals surface area (Å²) >= 11 is 6.00. The number of benzene rings is 2. The van der Waals surface area contributed by atoms with Crippen LogP contribution in [0.25, 0.3) is 11.0 Å². The molecular formula is C22H22ClNO5. The predicted molar refractivity (Wildman–Crippen MR) is 113 cm³/mol. The molecule has 0 fully saturated rings. The van der Waals surface area contributed by atoms with E-state index in [1.807, 2.05) is 19.9 Å². The summed E-state index contributed by atoms with van der Waals surface area (Å²) in [6.07, 6.45) is -0.809. The van der Waals surface area contributed by atoms with Gasteiger partial charge in [-0.25, -0.2) is 4.79 Å². The minimum absolute atomic E-state index is 0.172. The van der Waals surface area contributed by atoms with Crippen molar-refractivity contribution >= 4 is 34.2 Å². The molecule has 1 atom stereocenters. The molecule has 29 heavy (non-hydrogen) atoms. The first kappa shape index (κ1) is 20.7. The average Bonchev–Trinajstić information content (AvgIpc) is 2.67. The Labute approximate surface area is 173 Å². The van der Waals surface area contributed by atoms with Crippen LogP contribution < -0.4 is 20.4 Å². The minimum atomic E-state index is -0.809. The molecule has 0 aliphatic carbocycles. The Morgan fingerprint density at radius 3 is 2.55 bits per heavy atom. The summed E-state index contributed by atoms with van der Waals surface area (Å²) in [5.41, 5.74) is 1.35. The maximum atomic E-state index is 12.5. The Kier molecular flexibility index (Phi) is 6.13. The fourth-order valence-electron chi connectivity index (χ4n) is 2.99. The van der Waals surface area contributed by atoms with E-state index in [9.17, 15) is 9.59 Å². The van der Waals surface area contributed by atoms with Crippen LogP contribution in [0.1, 0.15) is 32.3 Å². The molecule has 7 heteroatoms. The van der Waals surface area contributed by atoms with Crippen LogP contribution in [0, 0.1) is 0 Å². The zero-order valence-corrected chi connectivity index (χ0v) is 17.4. The molecule has 1 N–H and O–H groups in total. The maximum absolute atomic E-state index is 12.5. The van der Waals surface area contributed by atoms with Gasteiger partial charge in [-0.2, -0.15) is 0 Å². The first-order chi connectivity index (χ1) is 13.8. The van der Waals surface area contributed by atoms with E-state index in [0.29, 0.717) is 27.8 Å². The van der Waals surface area contributed by atoms with Gasteiger partial charge in [0, 0.05) is 22.5 Å². The molecule has 2 aromatic carbocycles. The van der Waals surface area contributed by atoms with E-state index < -0.39 is 11.7 Å². The normalized spacial score (nSPS) is 12.1. The summed E-state index contributed by atoms with van der Waals surface area (Å²) in [4.78, 5) is 24.4. The van der Waals surface area contributed by atoms with Gasteiger partial charge in [-0.1, -0.05) is 25.4 Å². The largest absolute Gasteiger partial charge is 0.495 e. The molecule has 1 aromatic heterocycles. The molecule has 6 nitrogen and oxygen atoms in total. The standard InChI is InChI=1S/C22H22ClNO5/c1-12(2)17-11-21(25)29-20-10-15(6-7-16(17)20)28-13(3)22(26)24-18-9-14(23)5-8-19(18)27-4/h5-13H,1-4H3,(H,24,26). The Bertz CT molecular complexity index is 1110. The molecular weight excluding hydrogens is 394 g/mol. The monoisotopic (exact) mass is 415 g/mol. The first-order valence-corrected chi connectivity index (χ1v) is 9.55. The van der Waals surface area contributed by atoms with Crippen LogP contribution in [0.3, 0.4) is 0 Å². The molecule has 1 unspecified atom stereocenters.